The molecule has 32 heteroatoms. The van der Waals surface area contributed by atoms with E-state index >= 15 is 0 Å². The van der Waals surface area contributed by atoms with Gasteiger partial charge in [0.25, 0.3) is 10.0 Å². The Labute approximate surface area is 560 Å². The maximum atomic E-state index is 14.9. The molecule has 0 saturated heterocycles. The van der Waals surface area contributed by atoms with Crippen molar-refractivity contribution in [3.8, 4) is 5.75 Å². The van der Waals surface area contributed by atoms with Crippen molar-refractivity contribution >= 4 is 87.0 Å². The molecule has 1 heterocycles. The molecular formula is C63H99N11O19S2. The molecule has 0 aliphatic carbocycles. The Bertz CT molecular complexity index is 3220. The number of amides is 7. The second-order valence-electron chi connectivity index (χ2n) is 26.9. The number of sulfonamides is 1. The van der Waals surface area contributed by atoms with E-state index in [0.29, 0.717) is 40.0 Å². The number of hydrogen-bond donors (Lipinski definition) is 13. The highest BCUT2D eigenvalue weighted by Gasteiger charge is 2.42. The Morgan fingerprint density at radius 3 is 1.57 bits per heavy atom. The number of benzene rings is 2. The third-order valence-electron chi connectivity index (χ3n) is 14.3. The monoisotopic (exact) mass is 1380 g/mol. The van der Waals surface area contributed by atoms with Gasteiger partial charge >= 0.3 is 17.9 Å². The number of carbonyl (C=O) groups excluding carboxylic acids is 8. The quantitative estimate of drug-likeness (QED) is 0.0202. The van der Waals surface area contributed by atoms with Crippen molar-refractivity contribution in [3.63, 3.8) is 0 Å². The van der Waals surface area contributed by atoms with E-state index in [-0.39, 0.29) is 36.0 Å². The van der Waals surface area contributed by atoms with Gasteiger partial charge in [-0.1, -0.05) is 30.3 Å². The zero-order valence-electron chi connectivity index (χ0n) is 57.3. The van der Waals surface area contributed by atoms with Crippen LogP contribution in [-0.4, -0.2) is 185 Å². The van der Waals surface area contributed by atoms with Gasteiger partial charge < -0.3 is 82.6 Å². The van der Waals surface area contributed by atoms with Gasteiger partial charge in [-0.05, 0) is 153 Å². The van der Waals surface area contributed by atoms with Crippen LogP contribution < -0.4 is 58.1 Å². The number of aliphatic carboxylic acids is 2. The fraction of sp³-hybridized carbons (Fsp3) is 0.635. The fourth-order valence-corrected chi connectivity index (χ4v) is 12.5. The third-order valence-corrected chi connectivity index (χ3v) is 17.0. The van der Waals surface area contributed by atoms with E-state index in [1.165, 1.54) is 20.8 Å². The molecular weight excluding hydrogens is 1280 g/mol. The summed E-state index contributed by atoms with van der Waals surface area (Å²) in [6.07, 6.45) is -5.99. The van der Waals surface area contributed by atoms with Gasteiger partial charge in [0, 0.05) is 24.3 Å². The first-order valence-corrected chi connectivity index (χ1v) is 33.5. The first-order chi connectivity index (χ1) is 43.6. The number of guanidine groups is 1. The lowest BCUT2D eigenvalue weighted by Crippen LogP contribution is -2.65. The van der Waals surface area contributed by atoms with Crippen LogP contribution in [0.1, 0.15) is 150 Å². The smallest absolute Gasteiger partial charge is 0.329 e. The standard InChI is InChI=1S/C63H99N11O19S2/c1-32-33(2)51(34(3)39-28-63(16,17)93-50(32)39)95(87,88)74-59(66)67-25-21-24-41(53(81)70-43(27-46(78)79)58(86)89-29-38-22-19-18-20-23-38)68-54(82)42(26-45(76)77)69-55(83)47(35(4)90-60(7,8)9)72-57(85)49(37(6)92-62(13,14)15)73-56(84)48(36(5)91-61(10,11)12)71-52(80)40(64)30-94-31-44(65)75/h18-20,22-23,35-37,40-43,47-49H,21,24-31,64H2,1-17H3,(H2,65,75)(H,68,82)(H,69,83)(H,70,81)(H,71,80)(H,72,85)(H,73,84)(H,76,77)(H,78,79)(H3,66,67,74)/t35-,36-,37-,40+,41+,42+,43+,47+,48+,49+/m1/s1. The zero-order valence-corrected chi connectivity index (χ0v) is 59.0. The topological polar surface area (TPSA) is 464 Å². The van der Waals surface area contributed by atoms with Crippen molar-refractivity contribution in [2.75, 3.05) is 18.1 Å². The van der Waals surface area contributed by atoms with E-state index in [1.807, 2.05) is 13.8 Å². The second kappa shape index (κ2) is 34.8. The minimum Gasteiger partial charge on any atom is -0.487 e. The molecule has 7 amide bonds. The minimum atomic E-state index is -4.41. The zero-order chi connectivity index (χ0) is 72.5. The Morgan fingerprint density at radius 2 is 1.09 bits per heavy atom. The average Bonchev–Trinajstić information content (AvgIpc) is 1.66. The molecule has 3 rings (SSSR count). The summed E-state index contributed by atoms with van der Waals surface area (Å²) in [4.78, 5) is 136. The number of esters is 1. The number of thioether (sulfide) groups is 1. The van der Waals surface area contributed by atoms with Gasteiger partial charge in [0.1, 0.15) is 54.2 Å². The van der Waals surface area contributed by atoms with Gasteiger partial charge in [0.15, 0.2) is 0 Å². The number of fused-ring (bicyclic) bond motifs is 1. The first-order valence-electron chi connectivity index (χ1n) is 30.9. The number of carboxylic acids is 2. The molecule has 95 heavy (non-hydrogen) atoms. The number of nitrogens with two attached hydrogens (primary N) is 2. The number of carbonyl (C=O) groups is 10. The molecule has 0 spiro atoms. The lowest BCUT2D eigenvalue weighted by atomic mass is 9.94. The molecule has 1 aliphatic rings. The van der Waals surface area contributed by atoms with Crippen molar-refractivity contribution in [2.24, 2.45) is 11.5 Å². The van der Waals surface area contributed by atoms with Gasteiger partial charge in [-0.3, -0.25) is 48.6 Å². The van der Waals surface area contributed by atoms with Crippen molar-refractivity contribution in [2.45, 2.75) is 244 Å². The lowest BCUT2D eigenvalue weighted by Gasteiger charge is -2.36. The van der Waals surface area contributed by atoms with E-state index in [4.69, 9.17) is 40.6 Å². The maximum Gasteiger partial charge on any atom is 0.329 e. The molecule has 0 unspecified atom stereocenters. The minimum absolute atomic E-state index is 0.0520. The van der Waals surface area contributed by atoms with Crippen molar-refractivity contribution in [1.82, 2.24) is 41.9 Å². The summed E-state index contributed by atoms with van der Waals surface area (Å²) in [7, 11) is -4.41. The number of nitrogens with one attached hydrogen (secondary N) is 9. The number of hydrogen-bond acceptors (Lipinski definition) is 20. The maximum absolute atomic E-state index is 14.9. The van der Waals surface area contributed by atoms with Crippen LogP contribution in [0.5, 0.6) is 5.75 Å². The average molecular weight is 1380 g/mol. The fourth-order valence-electron chi connectivity index (χ4n) is 10.2. The van der Waals surface area contributed by atoms with Gasteiger partial charge in [-0.2, -0.15) is 0 Å². The van der Waals surface area contributed by atoms with E-state index in [1.54, 1.807) is 113 Å². The van der Waals surface area contributed by atoms with Crippen LogP contribution in [-0.2, 0) is 89.9 Å². The van der Waals surface area contributed by atoms with Gasteiger partial charge in [-0.15, -0.1) is 11.8 Å². The summed E-state index contributed by atoms with van der Waals surface area (Å²) >= 11 is 0.984. The highest BCUT2D eigenvalue weighted by atomic mass is 32.2. The van der Waals surface area contributed by atoms with Crippen molar-refractivity contribution < 1.29 is 90.3 Å². The Kier molecular flexibility index (Phi) is 29.9. The molecule has 2 aromatic rings. The number of rotatable bonds is 35. The summed E-state index contributed by atoms with van der Waals surface area (Å²) in [6, 6.07) is -3.78. The van der Waals surface area contributed by atoms with Crippen LogP contribution in [0.25, 0.3) is 0 Å². The molecule has 532 valence electrons. The summed E-state index contributed by atoms with van der Waals surface area (Å²) in [5.41, 5.74) is 10.6. The normalized spacial score (nSPS) is 16.1. The van der Waals surface area contributed by atoms with Crippen LogP contribution in [0.2, 0.25) is 0 Å². The molecule has 15 N–H and O–H groups in total. The molecule has 0 saturated carbocycles. The SMILES string of the molecule is Cc1c(C)c(S(=O)(=O)NC(=N)NCCC[C@H](NC(=O)[C@H](CC(=O)O)NC(=O)[C@@H](NC(=O)[C@@H](NC(=O)[C@@H](NC(=O)[C@@H](N)CSCC(N)=O)[C@@H](C)OC(C)(C)C)[C@@H](C)OC(C)(C)C)[C@@H](C)OC(C)(C)C)C(=O)N[C@@H](CC(=O)O)C(=O)OCc2ccccc2)c(C)c2c1OC(C)(C)C2. The highest BCUT2D eigenvalue weighted by molar-refractivity contribution is 8.00. The number of carboxylic acid groups (broad SMARTS) is 2. The molecule has 0 radical (unpaired) electrons. The van der Waals surface area contributed by atoms with E-state index < -0.39 is 178 Å². The van der Waals surface area contributed by atoms with E-state index in [9.17, 15) is 66.6 Å². The second-order valence-corrected chi connectivity index (χ2v) is 29.6. The lowest BCUT2D eigenvalue weighted by molar-refractivity contribution is -0.153. The molecule has 0 fully saturated rings. The Hall–Kier alpha value is -7.65. The van der Waals surface area contributed by atoms with E-state index in [0.717, 1.165) is 11.8 Å². The van der Waals surface area contributed by atoms with Gasteiger partial charge in [-0.25, -0.2) is 17.9 Å². The molecule has 30 nitrogen and oxygen atoms in total. The summed E-state index contributed by atoms with van der Waals surface area (Å²) in [5.74, 6) is -12.0. The molecule has 1 aliphatic heterocycles. The predicted molar refractivity (Wildman–Crippen MR) is 352 cm³/mol. The van der Waals surface area contributed by atoms with Gasteiger partial charge in [0.05, 0.1) is 64.6 Å². The van der Waals surface area contributed by atoms with Gasteiger partial charge in [0.2, 0.25) is 47.3 Å². The van der Waals surface area contributed by atoms with Crippen molar-refractivity contribution in [1.29, 1.82) is 5.41 Å². The summed E-state index contributed by atoms with van der Waals surface area (Å²) in [6.45, 7) is 27.5. The Balaban J connectivity index is 2.06. The number of ether oxygens (including phenoxy) is 5. The van der Waals surface area contributed by atoms with Crippen LogP contribution in [0.3, 0.4) is 0 Å². The Morgan fingerprint density at radius 1 is 0.653 bits per heavy atom. The third kappa shape index (κ3) is 27.2. The number of primary amides is 1. The molecule has 0 bridgehead atoms. The van der Waals surface area contributed by atoms with E-state index in [2.05, 4.69) is 41.9 Å². The van der Waals surface area contributed by atoms with Crippen molar-refractivity contribution in [3.05, 3.63) is 58.1 Å². The summed E-state index contributed by atoms with van der Waals surface area (Å²) in [5, 5.41) is 46.0. The molecule has 0 aromatic heterocycles. The molecule has 10 atom stereocenters. The van der Waals surface area contributed by atoms with Crippen LogP contribution in [0.15, 0.2) is 35.2 Å². The van der Waals surface area contributed by atoms with Crippen LogP contribution in [0.4, 0.5) is 0 Å². The largest absolute Gasteiger partial charge is 0.487 e. The first kappa shape index (κ1) is 81.6. The summed E-state index contributed by atoms with van der Waals surface area (Å²) < 4.78 is 60.0. The van der Waals surface area contributed by atoms with Crippen LogP contribution in [0, 0.1) is 26.2 Å². The molecule has 2 aromatic carbocycles. The van der Waals surface area contributed by atoms with Crippen LogP contribution >= 0.6 is 11.8 Å². The predicted octanol–water partition coefficient (Wildman–Crippen LogP) is 1.67. The highest BCUT2D eigenvalue weighted by Crippen LogP contribution is 2.43.